The molecule has 7 heteroatoms. The second-order valence-corrected chi connectivity index (χ2v) is 7.63. The second kappa shape index (κ2) is 7.15. The van der Waals surface area contributed by atoms with Crippen LogP contribution in [0.2, 0.25) is 0 Å². The van der Waals surface area contributed by atoms with Crippen molar-refractivity contribution in [3.05, 3.63) is 47.7 Å². The Morgan fingerprint density at radius 3 is 2.89 bits per heavy atom. The Labute approximate surface area is 159 Å². The normalized spacial score (nSPS) is 17.8. The first-order valence-corrected chi connectivity index (χ1v) is 9.43. The third-order valence-corrected chi connectivity index (χ3v) is 5.29. The van der Waals surface area contributed by atoms with Gasteiger partial charge in [-0.2, -0.15) is 0 Å². The number of rotatable bonds is 4. The third-order valence-electron chi connectivity index (χ3n) is 5.29. The fourth-order valence-corrected chi connectivity index (χ4v) is 3.88. The predicted molar refractivity (Wildman–Crippen MR) is 105 cm³/mol. The van der Waals surface area contributed by atoms with Crippen LogP contribution >= 0.6 is 0 Å². The summed E-state index contributed by atoms with van der Waals surface area (Å²) in [5.74, 6) is 2.21. The maximum absolute atomic E-state index is 13.0. The van der Waals surface area contributed by atoms with E-state index in [2.05, 4.69) is 24.6 Å². The average molecular weight is 366 g/mol. The van der Waals surface area contributed by atoms with Gasteiger partial charge in [0.05, 0.1) is 6.54 Å². The van der Waals surface area contributed by atoms with Crippen LogP contribution in [0.4, 0.5) is 0 Å². The van der Waals surface area contributed by atoms with Crippen LogP contribution in [0.3, 0.4) is 0 Å². The van der Waals surface area contributed by atoms with Crippen LogP contribution in [0.25, 0.3) is 10.9 Å². The van der Waals surface area contributed by atoms with Gasteiger partial charge in [-0.1, -0.05) is 18.2 Å². The number of carbonyl (C=O) groups is 1. The monoisotopic (exact) mass is 366 g/mol. The Bertz CT molecular complexity index is 923. The van der Waals surface area contributed by atoms with Gasteiger partial charge in [-0.05, 0) is 39.1 Å². The Hall–Kier alpha value is -2.67. The molecule has 1 aliphatic heterocycles. The Balaban J connectivity index is 1.52. The lowest BCUT2D eigenvalue weighted by atomic mass is 9.97. The van der Waals surface area contributed by atoms with Crippen LogP contribution in [-0.4, -0.2) is 62.6 Å². The number of carbonyl (C=O) groups excluding carboxylic acids is 1. The lowest BCUT2D eigenvalue weighted by Gasteiger charge is -2.32. The first-order valence-electron chi connectivity index (χ1n) is 9.43. The molecule has 0 radical (unpaired) electrons. The molecule has 4 rings (SSSR count). The van der Waals surface area contributed by atoms with Crippen LogP contribution in [0.15, 0.2) is 30.3 Å². The van der Waals surface area contributed by atoms with E-state index in [-0.39, 0.29) is 11.8 Å². The molecule has 1 atom stereocenters. The van der Waals surface area contributed by atoms with E-state index in [9.17, 15) is 4.79 Å². The molecule has 3 heterocycles. The molecule has 7 nitrogen and oxygen atoms in total. The fourth-order valence-electron chi connectivity index (χ4n) is 3.88. The number of fused-ring (bicyclic) bond motifs is 1. The van der Waals surface area contributed by atoms with E-state index >= 15 is 0 Å². The summed E-state index contributed by atoms with van der Waals surface area (Å²) in [6.07, 6.45) is 2.01. The lowest BCUT2D eigenvalue weighted by Crippen LogP contribution is -2.39. The minimum atomic E-state index is 0.0617. The molecule has 0 saturated carbocycles. The molecule has 0 bridgehead atoms. The van der Waals surface area contributed by atoms with Gasteiger partial charge in [0.2, 0.25) is 0 Å². The number of likely N-dealkylation sites (tertiary alicyclic amines) is 1. The molecule has 0 spiro atoms. The number of hydrogen-bond acceptors (Lipinski definition) is 4. The molecular formula is C20H26N6O. The van der Waals surface area contributed by atoms with E-state index in [4.69, 9.17) is 0 Å². The summed E-state index contributed by atoms with van der Waals surface area (Å²) in [5, 5.41) is 9.85. The molecule has 3 aromatic rings. The highest BCUT2D eigenvalue weighted by Gasteiger charge is 2.29. The molecule has 1 N–H and O–H groups in total. The van der Waals surface area contributed by atoms with Gasteiger partial charge >= 0.3 is 0 Å². The van der Waals surface area contributed by atoms with Crippen LogP contribution in [0.1, 0.15) is 40.9 Å². The van der Waals surface area contributed by atoms with Crippen molar-refractivity contribution in [2.24, 2.45) is 7.05 Å². The first kappa shape index (κ1) is 17.7. The number of piperidine rings is 1. The summed E-state index contributed by atoms with van der Waals surface area (Å²) in [6.45, 7) is 2.23. The molecule has 27 heavy (non-hydrogen) atoms. The topological polar surface area (TPSA) is 70.1 Å². The molecule has 1 amide bonds. The number of nitrogens with one attached hydrogen (secondary N) is 1. The minimum absolute atomic E-state index is 0.0617. The van der Waals surface area contributed by atoms with Crippen LogP contribution in [0.5, 0.6) is 0 Å². The second-order valence-electron chi connectivity index (χ2n) is 7.63. The van der Waals surface area contributed by atoms with Crippen molar-refractivity contribution in [1.29, 1.82) is 0 Å². The van der Waals surface area contributed by atoms with E-state index in [1.807, 2.05) is 56.4 Å². The molecule has 2 aromatic heterocycles. The molecule has 142 valence electrons. The van der Waals surface area contributed by atoms with Gasteiger partial charge in [0, 0.05) is 37.0 Å². The van der Waals surface area contributed by atoms with Gasteiger partial charge in [-0.15, -0.1) is 10.2 Å². The van der Waals surface area contributed by atoms with Crippen molar-refractivity contribution in [2.45, 2.75) is 25.3 Å². The molecule has 0 aliphatic carbocycles. The summed E-state index contributed by atoms with van der Waals surface area (Å²) >= 11 is 0. The van der Waals surface area contributed by atoms with E-state index in [1.54, 1.807) is 0 Å². The summed E-state index contributed by atoms with van der Waals surface area (Å²) < 4.78 is 2.08. The van der Waals surface area contributed by atoms with Crippen molar-refractivity contribution in [3.8, 4) is 0 Å². The van der Waals surface area contributed by atoms with Gasteiger partial charge in [0.15, 0.2) is 0 Å². The van der Waals surface area contributed by atoms with Crippen LogP contribution < -0.4 is 0 Å². The van der Waals surface area contributed by atoms with E-state index in [0.717, 1.165) is 48.5 Å². The SMILES string of the molecule is CN(C)Cc1nnc([C@@H]2CCCN(C(=O)c3cc4ccccc4[nH]3)C2)n1C. The van der Waals surface area contributed by atoms with Crippen molar-refractivity contribution < 1.29 is 4.79 Å². The highest BCUT2D eigenvalue weighted by atomic mass is 16.2. The average Bonchev–Trinajstić information content (AvgIpc) is 3.25. The van der Waals surface area contributed by atoms with E-state index in [1.165, 1.54) is 0 Å². The van der Waals surface area contributed by atoms with Gasteiger partial charge in [-0.3, -0.25) is 4.79 Å². The predicted octanol–water partition coefficient (Wildman–Crippen LogP) is 2.38. The number of para-hydroxylation sites is 1. The highest BCUT2D eigenvalue weighted by molar-refractivity contribution is 5.98. The van der Waals surface area contributed by atoms with Gasteiger partial charge in [-0.25, -0.2) is 0 Å². The van der Waals surface area contributed by atoms with Crippen molar-refractivity contribution in [2.75, 3.05) is 27.2 Å². The quantitative estimate of drug-likeness (QED) is 0.770. The number of amides is 1. The van der Waals surface area contributed by atoms with Crippen molar-refractivity contribution >= 4 is 16.8 Å². The number of hydrogen-bond donors (Lipinski definition) is 1. The van der Waals surface area contributed by atoms with E-state index < -0.39 is 0 Å². The molecular weight excluding hydrogens is 340 g/mol. The third kappa shape index (κ3) is 3.47. The van der Waals surface area contributed by atoms with Crippen molar-refractivity contribution in [3.63, 3.8) is 0 Å². The largest absolute Gasteiger partial charge is 0.351 e. The molecule has 1 fully saturated rings. The fraction of sp³-hybridized carbons (Fsp3) is 0.450. The lowest BCUT2D eigenvalue weighted by molar-refractivity contribution is 0.0698. The summed E-state index contributed by atoms with van der Waals surface area (Å²) in [6, 6.07) is 9.92. The maximum Gasteiger partial charge on any atom is 0.270 e. The Morgan fingerprint density at radius 2 is 2.11 bits per heavy atom. The Morgan fingerprint density at radius 1 is 1.30 bits per heavy atom. The molecule has 1 aliphatic rings. The Kier molecular flexibility index (Phi) is 4.70. The van der Waals surface area contributed by atoms with Gasteiger partial charge < -0.3 is 19.4 Å². The number of aromatic nitrogens is 4. The molecule has 1 saturated heterocycles. The van der Waals surface area contributed by atoms with E-state index in [0.29, 0.717) is 12.2 Å². The highest BCUT2D eigenvalue weighted by Crippen LogP contribution is 2.27. The summed E-state index contributed by atoms with van der Waals surface area (Å²) in [4.78, 5) is 20.3. The number of nitrogens with zero attached hydrogens (tertiary/aromatic N) is 5. The smallest absolute Gasteiger partial charge is 0.270 e. The summed E-state index contributed by atoms with van der Waals surface area (Å²) in [7, 11) is 6.07. The zero-order chi connectivity index (χ0) is 19.0. The summed E-state index contributed by atoms with van der Waals surface area (Å²) in [5.41, 5.74) is 1.65. The first-order chi connectivity index (χ1) is 13.0. The van der Waals surface area contributed by atoms with Crippen molar-refractivity contribution in [1.82, 2.24) is 29.5 Å². The zero-order valence-corrected chi connectivity index (χ0v) is 16.1. The number of H-pyrrole nitrogens is 1. The van der Waals surface area contributed by atoms with Crippen LogP contribution in [-0.2, 0) is 13.6 Å². The minimum Gasteiger partial charge on any atom is -0.351 e. The van der Waals surface area contributed by atoms with Crippen LogP contribution in [0, 0.1) is 0 Å². The van der Waals surface area contributed by atoms with Gasteiger partial charge in [0.25, 0.3) is 5.91 Å². The maximum atomic E-state index is 13.0. The molecule has 1 aromatic carbocycles. The van der Waals surface area contributed by atoms with Gasteiger partial charge in [0.1, 0.15) is 17.3 Å². The standard InChI is InChI=1S/C20H26N6O/c1-24(2)13-18-22-23-19(25(18)3)15-8-6-10-26(12-15)20(27)17-11-14-7-4-5-9-16(14)21-17/h4-5,7,9,11,15,21H,6,8,10,12-13H2,1-3H3/t15-/m1/s1. The number of aromatic amines is 1. The zero-order valence-electron chi connectivity index (χ0n) is 16.1. The number of benzene rings is 1. The molecule has 0 unspecified atom stereocenters.